The van der Waals surface area contributed by atoms with E-state index in [1.165, 1.54) is 29.2 Å². The second kappa shape index (κ2) is 9.58. The molecular weight excluding hydrogens is 463 g/mol. The van der Waals surface area contributed by atoms with Gasteiger partial charge in [-0.2, -0.15) is 23.5 Å². The van der Waals surface area contributed by atoms with E-state index in [4.69, 9.17) is 14.7 Å². The van der Waals surface area contributed by atoms with Gasteiger partial charge in [-0.1, -0.05) is 6.07 Å². The van der Waals surface area contributed by atoms with E-state index in [9.17, 15) is 18.0 Å². The monoisotopic (exact) mass is 485 g/mol. The number of halogens is 3. The summed E-state index contributed by atoms with van der Waals surface area (Å²) >= 11 is 0. The number of hydrogen-bond acceptors (Lipinski definition) is 6. The molecular formula is C24H22F3N5O3. The molecule has 1 aliphatic rings. The highest BCUT2D eigenvalue weighted by Gasteiger charge is 2.37. The Labute approximate surface area is 199 Å². The Morgan fingerprint density at radius 2 is 1.63 bits per heavy atom. The molecule has 0 radical (unpaired) electrons. The number of rotatable bonds is 5. The van der Waals surface area contributed by atoms with Crippen molar-refractivity contribution in [2.45, 2.75) is 6.18 Å². The normalized spacial score (nSPS) is 13.9. The van der Waals surface area contributed by atoms with E-state index in [-0.39, 0.29) is 16.9 Å². The minimum Gasteiger partial charge on any atom is -0.497 e. The number of carbonyl (C=O) groups excluding carboxylic acids is 1. The quantitative estimate of drug-likeness (QED) is 0.548. The lowest BCUT2D eigenvalue weighted by Crippen LogP contribution is -2.49. The van der Waals surface area contributed by atoms with Crippen molar-refractivity contribution in [1.29, 1.82) is 5.26 Å². The van der Waals surface area contributed by atoms with Gasteiger partial charge in [0.1, 0.15) is 17.2 Å². The molecule has 2 heterocycles. The number of methoxy groups -OCH3 is 2. The molecule has 182 valence electrons. The van der Waals surface area contributed by atoms with E-state index < -0.39 is 17.8 Å². The van der Waals surface area contributed by atoms with Gasteiger partial charge in [0.05, 0.1) is 31.5 Å². The molecule has 35 heavy (non-hydrogen) atoms. The Bertz CT molecular complexity index is 1250. The largest absolute Gasteiger partial charge is 0.497 e. The van der Waals surface area contributed by atoms with E-state index in [1.807, 2.05) is 23.1 Å². The Kier molecular flexibility index (Phi) is 6.55. The van der Waals surface area contributed by atoms with Gasteiger partial charge < -0.3 is 19.3 Å². The molecule has 1 saturated heterocycles. The van der Waals surface area contributed by atoms with Gasteiger partial charge in [0.15, 0.2) is 5.69 Å². The first-order valence-electron chi connectivity index (χ1n) is 10.7. The number of aromatic nitrogens is 2. The van der Waals surface area contributed by atoms with Gasteiger partial charge in [-0.3, -0.25) is 4.79 Å². The van der Waals surface area contributed by atoms with Gasteiger partial charge in [0.25, 0.3) is 5.91 Å². The maximum Gasteiger partial charge on any atom is 0.435 e. The first kappa shape index (κ1) is 23.9. The summed E-state index contributed by atoms with van der Waals surface area (Å²) in [6, 6.07) is 14.1. The molecule has 0 unspecified atom stereocenters. The van der Waals surface area contributed by atoms with E-state index in [2.05, 4.69) is 5.10 Å². The van der Waals surface area contributed by atoms with Crippen LogP contribution in [0.25, 0.3) is 5.69 Å². The smallest absolute Gasteiger partial charge is 0.435 e. The molecule has 4 rings (SSSR count). The molecule has 0 spiro atoms. The third-order valence-corrected chi connectivity index (χ3v) is 5.71. The van der Waals surface area contributed by atoms with Crippen LogP contribution in [0.2, 0.25) is 0 Å². The summed E-state index contributed by atoms with van der Waals surface area (Å²) in [6.07, 6.45) is -4.72. The van der Waals surface area contributed by atoms with Crippen LogP contribution >= 0.6 is 0 Å². The highest BCUT2D eigenvalue weighted by Crippen LogP contribution is 2.31. The van der Waals surface area contributed by atoms with Crippen LogP contribution in [0.4, 0.5) is 18.9 Å². The van der Waals surface area contributed by atoms with Crippen LogP contribution in [0.5, 0.6) is 11.5 Å². The molecule has 1 aromatic heterocycles. The number of ether oxygens (including phenoxy) is 2. The molecule has 0 aliphatic carbocycles. The molecule has 3 aromatic rings. The van der Waals surface area contributed by atoms with Crippen molar-refractivity contribution in [3.8, 4) is 23.3 Å². The van der Waals surface area contributed by atoms with Gasteiger partial charge in [-0.15, -0.1) is 0 Å². The number of hydrogen-bond donors (Lipinski definition) is 0. The summed E-state index contributed by atoms with van der Waals surface area (Å²) in [7, 11) is 3.11. The summed E-state index contributed by atoms with van der Waals surface area (Å²) in [5, 5.41) is 12.8. The van der Waals surface area contributed by atoms with Gasteiger partial charge in [-0.05, 0) is 18.2 Å². The third kappa shape index (κ3) is 5.01. The molecule has 0 atom stereocenters. The van der Waals surface area contributed by atoms with Crippen LogP contribution < -0.4 is 14.4 Å². The van der Waals surface area contributed by atoms with Gasteiger partial charge in [0.2, 0.25) is 0 Å². The zero-order chi connectivity index (χ0) is 25.2. The fraction of sp³-hybridized carbons (Fsp3) is 0.292. The molecule has 2 aromatic carbocycles. The maximum absolute atomic E-state index is 13.4. The van der Waals surface area contributed by atoms with Crippen molar-refractivity contribution in [3.63, 3.8) is 0 Å². The predicted octanol–water partition coefficient (Wildman–Crippen LogP) is 3.74. The van der Waals surface area contributed by atoms with Crippen LogP contribution in [0.15, 0.2) is 48.5 Å². The number of nitrogens with zero attached hydrogens (tertiary/aromatic N) is 5. The summed E-state index contributed by atoms with van der Waals surface area (Å²) < 4.78 is 51.9. The van der Waals surface area contributed by atoms with E-state index >= 15 is 0 Å². The number of nitriles is 1. The Hall–Kier alpha value is -4.20. The number of benzene rings is 2. The minimum atomic E-state index is -4.72. The van der Waals surface area contributed by atoms with Gasteiger partial charge in [0, 0.05) is 56.1 Å². The summed E-state index contributed by atoms with van der Waals surface area (Å²) in [5.74, 6) is 0.681. The average molecular weight is 485 g/mol. The number of amides is 1. The van der Waals surface area contributed by atoms with E-state index in [0.717, 1.165) is 16.4 Å². The minimum absolute atomic E-state index is 0.199. The van der Waals surface area contributed by atoms with Crippen LogP contribution in [-0.4, -0.2) is 61.0 Å². The lowest BCUT2D eigenvalue weighted by Gasteiger charge is -2.36. The maximum atomic E-state index is 13.4. The second-order valence-electron chi connectivity index (χ2n) is 7.84. The first-order valence-corrected chi connectivity index (χ1v) is 10.7. The fourth-order valence-corrected chi connectivity index (χ4v) is 3.88. The van der Waals surface area contributed by atoms with Crippen molar-refractivity contribution in [2.75, 3.05) is 45.3 Å². The lowest BCUT2D eigenvalue weighted by molar-refractivity contribution is -0.141. The van der Waals surface area contributed by atoms with Gasteiger partial charge >= 0.3 is 6.18 Å². The highest BCUT2D eigenvalue weighted by atomic mass is 19.4. The van der Waals surface area contributed by atoms with E-state index in [1.54, 1.807) is 20.3 Å². The molecule has 0 N–H and O–H groups in total. The molecule has 11 heteroatoms. The number of carbonyl (C=O) groups is 1. The summed E-state index contributed by atoms with van der Waals surface area (Å²) in [4.78, 5) is 16.8. The number of anilines is 1. The molecule has 1 fully saturated rings. The van der Waals surface area contributed by atoms with Crippen molar-refractivity contribution in [1.82, 2.24) is 14.7 Å². The number of piperazine rings is 1. The second-order valence-corrected chi connectivity index (χ2v) is 7.84. The standard InChI is InChI=1S/C24H22F3N5O3/c1-34-19-11-18(12-20(13-19)35-2)30-6-8-31(9-7-30)23(33)21-14-22(24(25,26)27)29-32(21)17-5-3-4-16(10-17)15-28/h3-5,10-14H,6-9H2,1-2H3. The summed E-state index contributed by atoms with van der Waals surface area (Å²) in [5.41, 5.74) is -0.0995. The van der Waals surface area contributed by atoms with Crippen LogP contribution in [-0.2, 0) is 6.18 Å². The summed E-state index contributed by atoms with van der Waals surface area (Å²) in [6.45, 7) is 1.52. The predicted molar refractivity (Wildman–Crippen MR) is 121 cm³/mol. The van der Waals surface area contributed by atoms with E-state index in [0.29, 0.717) is 37.7 Å². The lowest BCUT2D eigenvalue weighted by atomic mass is 10.2. The third-order valence-electron chi connectivity index (χ3n) is 5.71. The molecule has 0 bridgehead atoms. The topological polar surface area (TPSA) is 83.6 Å². The Morgan fingerprint density at radius 1 is 0.971 bits per heavy atom. The fourth-order valence-electron chi connectivity index (χ4n) is 3.88. The van der Waals surface area contributed by atoms with Crippen LogP contribution in [0.3, 0.4) is 0 Å². The molecule has 0 saturated carbocycles. The SMILES string of the molecule is COc1cc(OC)cc(N2CCN(C(=O)c3cc(C(F)(F)F)nn3-c3cccc(C#N)c3)CC2)c1. The Morgan fingerprint density at radius 3 is 2.20 bits per heavy atom. The molecule has 8 nitrogen and oxygen atoms in total. The van der Waals surface area contributed by atoms with Crippen molar-refractivity contribution in [3.05, 3.63) is 65.5 Å². The molecule has 1 amide bonds. The van der Waals surface area contributed by atoms with Crippen molar-refractivity contribution >= 4 is 11.6 Å². The van der Waals surface area contributed by atoms with Crippen LogP contribution in [0.1, 0.15) is 21.7 Å². The highest BCUT2D eigenvalue weighted by molar-refractivity contribution is 5.93. The zero-order valence-electron chi connectivity index (χ0n) is 19.0. The number of alkyl halides is 3. The van der Waals surface area contributed by atoms with Crippen LogP contribution in [0, 0.1) is 11.3 Å². The van der Waals surface area contributed by atoms with Crippen molar-refractivity contribution in [2.24, 2.45) is 0 Å². The van der Waals surface area contributed by atoms with Gasteiger partial charge in [-0.25, -0.2) is 4.68 Å². The first-order chi connectivity index (χ1) is 16.7. The molecule has 1 aliphatic heterocycles. The average Bonchev–Trinajstić information content (AvgIpc) is 3.34. The van der Waals surface area contributed by atoms with Crippen molar-refractivity contribution < 1.29 is 27.4 Å². The zero-order valence-corrected chi connectivity index (χ0v) is 19.0. The Balaban J connectivity index is 1.59.